The number of carbonyl (C=O) groups is 1. The predicted octanol–water partition coefficient (Wildman–Crippen LogP) is 3.65. The summed E-state index contributed by atoms with van der Waals surface area (Å²) in [5, 5.41) is 0.996. The second-order valence-corrected chi connectivity index (χ2v) is 5.84. The Kier molecular flexibility index (Phi) is 4.25. The third-order valence-electron chi connectivity index (χ3n) is 4.21. The van der Waals surface area contributed by atoms with Crippen LogP contribution in [0.3, 0.4) is 0 Å². The summed E-state index contributed by atoms with van der Waals surface area (Å²) in [5.41, 5.74) is 1.29. The first-order chi connectivity index (χ1) is 11.5. The maximum atomic E-state index is 12.8. The van der Waals surface area contributed by atoms with Gasteiger partial charge in [0.1, 0.15) is 16.9 Å². The molecule has 0 aliphatic rings. The SMILES string of the molecule is CCN(C(=O)c1ccc(C)[nH]c1=O)[C@H](C)c1cc2ccccc2o1. The molecule has 3 aromatic rings. The number of aromatic amines is 1. The second-order valence-electron chi connectivity index (χ2n) is 5.84. The maximum absolute atomic E-state index is 12.8. The number of rotatable bonds is 4. The van der Waals surface area contributed by atoms with Crippen molar-refractivity contribution in [2.24, 2.45) is 0 Å². The molecule has 0 radical (unpaired) electrons. The molecule has 5 nitrogen and oxygen atoms in total. The van der Waals surface area contributed by atoms with Gasteiger partial charge in [0.25, 0.3) is 11.5 Å². The Morgan fingerprint density at radius 2 is 2.00 bits per heavy atom. The Balaban J connectivity index is 1.94. The van der Waals surface area contributed by atoms with Gasteiger partial charge in [0.2, 0.25) is 0 Å². The fraction of sp³-hybridized carbons (Fsp3) is 0.263. The topological polar surface area (TPSA) is 66.3 Å². The molecule has 0 aliphatic heterocycles. The standard InChI is InChI=1S/C19H20N2O3/c1-4-21(19(23)15-10-9-12(2)20-18(15)22)13(3)17-11-14-7-5-6-8-16(14)24-17/h5-11,13H,4H2,1-3H3,(H,20,22)/t13-/m1/s1. The average molecular weight is 324 g/mol. The van der Waals surface area contributed by atoms with Crippen LogP contribution in [0.25, 0.3) is 11.0 Å². The Hall–Kier alpha value is -2.82. The number of carbonyl (C=O) groups excluding carboxylic acids is 1. The maximum Gasteiger partial charge on any atom is 0.260 e. The first kappa shape index (κ1) is 16.1. The van der Waals surface area contributed by atoms with E-state index in [1.807, 2.05) is 44.2 Å². The van der Waals surface area contributed by atoms with Gasteiger partial charge in [-0.1, -0.05) is 18.2 Å². The zero-order chi connectivity index (χ0) is 17.3. The number of hydrogen-bond donors (Lipinski definition) is 1. The minimum absolute atomic E-state index is 0.144. The van der Waals surface area contributed by atoms with Crippen molar-refractivity contribution >= 4 is 16.9 Å². The number of benzene rings is 1. The molecule has 0 saturated carbocycles. The Labute approximate surface area is 139 Å². The summed E-state index contributed by atoms with van der Waals surface area (Å²) in [4.78, 5) is 29.2. The number of pyridine rings is 1. The van der Waals surface area contributed by atoms with E-state index in [2.05, 4.69) is 4.98 Å². The molecule has 0 spiro atoms. The number of fused-ring (bicyclic) bond motifs is 1. The monoisotopic (exact) mass is 324 g/mol. The highest BCUT2D eigenvalue weighted by atomic mass is 16.3. The summed E-state index contributed by atoms with van der Waals surface area (Å²) >= 11 is 0. The molecule has 1 amide bonds. The molecular weight excluding hydrogens is 304 g/mol. The van der Waals surface area contributed by atoms with Gasteiger partial charge in [0, 0.05) is 17.6 Å². The van der Waals surface area contributed by atoms with Gasteiger partial charge in [-0.05, 0) is 45.0 Å². The highest BCUT2D eigenvalue weighted by Crippen LogP contribution is 2.28. The summed E-state index contributed by atoms with van der Waals surface area (Å²) in [6.07, 6.45) is 0. The number of H-pyrrole nitrogens is 1. The van der Waals surface area contributed by atoms with Crippen molar-refractivity contribution < 1.29 is 9.21 Å². The fourth-order valence-corrected chi connectivity index (χ4v) is 2.85. The van der Waals surface area contributed by atoms with Crippen LogP contribution in [0.4, 0.5) is 0 Å². The van der Waals surface area contributed by atoms with E-state index in [0.29, 0.717) is 12.3 Å². The lowest BCUT2D eigenvalue weighted by molar-refractivity contribution is 0.0682. The van der Waals surface area contributed by atoms with Gasteiger partial charge in [-0.3, -0.25) is 9.59 Å². The summed E-state index contributed by atoms with van der Waals surface area (Å²) in [5.74, 6) is 0.404. The molecule has 2 aromatic heterocycles. The minimum atomic E-state index is -0.366. The number of aromatic nitrogens is 1. The van der Waals surface area contributed by atoms with Gasteiger partial charge in [0.05, 0.1) is 6.04 Å². The molecule has 24 heavy (non-hydrogen) atoms. The molecule has 1 aromatic carbocycles. The Morgan fingerprint density at radius 3 is 2.67 bits per heavy atom. The van der Waals surface area contributed by atoms with Crippen molar-refractivity contribution in [3.05, 3.63) is 69.8 Å². The van der Waals surface area contributed by atoms with E-state index in [1.165, 1.54) is 0 Å². The Morgan fingerprint density at radius 1 is 1.25 bits per heavy atom. The molecule has 5 heteroatoms. The molecule has 1 atom stereocenters. The van der Waals surface area contributed by atoms with Crippen LogP contribution in [-0.2, 0) is 0 Å². The number of para-hydroxylation sites is 1. The second kappa shape index (κ2) is 6.35. The quantitative estimate of drug-likeness (QED) is 0.796. The van der Waals surface area contributed by atoms with Crippen LogP contribution < -0.4 is 5.56 Å². The normalized spacial score (nSPS) is 12.3. The first-order valence-corrected chi connectivity index (χ1v) is 8.00. The van der Waals surface area contributed by atoms with Crippen LogP contribution in [0.15, 0.2) is 51.7 Å². The third kappa shape index (κ3) is 2.85. The van der Waals surface area contributed by atoms with E-state index in [0.717, 1.165) is 16.7 Å². The van der Waals surface area contributed by atoms with Crippen LogP contribution in [-0.4, -0.2) is 22.3 Å². The number of nitrogens with zero attached hydrogens (tertiary/aromatic N) is 1. The summed E-state index contributed by atoms with van der Waals surface area (Å²) < 4.78 is 5.87. The van der Waals surface area contributed by atoms with Crippen molar-refractivity contribution in [2.75, 3.05) is 6.54 Å². The molecule has 2 heterocycles. The molecule has 0 bridgehead atoms. The molecule has 0 fully saturated rings. The van der Waals surface area contributed by atoms with Crippen LogP contribution in [0.2, 0.25) is 0 Å². The zero-order valence-corrected chi connectivity index (χ0v) is 14.0. The number of furan rings is 1. The van der Waals surface area contributed by atoms with E-state index in [9.17, 15) is 9.59 Å². The molecular formula is C19H20N2O3. The van der Waals surface area contributed by atoms with Gasteiger partial charge in [0.15, 0.2) is 0 Å². The lowest BCUT2D eigenvalue weighted by Gasteiger charge is -2.26. The van der Waals surface area contributed by atoms with E-state index in [4.69, 9.17) is 4.42 Å². The van der Waals surface area contributed by atoms with Crippen molar-refractivity contribution in [2.45, 2.75) is 26.8 Å². The molecule has 0 unspecified atom stereocenters. The van der Waals surface area contributed by atoms with E-state index < -0.39 is 0 Å². The van der Waals surface area contributed by atoms with Crippen molar-refractivity contribution in [1.82, 2.24) is 9.88 Å². The van der Waals surface area contributed by atoms with Crippen LogP contribution in [0.5, 0.6) is 0 Å². The summed E-state index contributed by atoms with van der Waals surface area (Å²) in [6.45, 7) is 6.05. The average Bonchev–Trinajstić information content (AvgIpc) is 2.99. The Bertz CT molecular complexity index is 906. The number of nitrogens with one attached hydrogen (secondary N) is 1. The highest BCUT2D eigenvalue weighted by molar-refractivity contribution is 5.94. The summed E-state index contributed by atoms with van der Waals surface area (Å²) in [7, 11) is 0. The number of amides is 1. The lowest BCUT2D eigenvalue weighted by Crippen LogP contribution is -2.36. The van der Waals surface area contributed by atoms with Crippen molar-refractivity contribution in [3.63, 3.8) is 0 Å². The number of aryl methyl sites for hydroxylation is 1. The highest BCUT2D eigenvalue weighted by Gasteiger charge is 2.25. The van der Waals surface area contributed by atoms with Crippen LogP contribution in [0, 0.1) is 6.92 Å². The van der Waals surface area contributed by atoms with E-state index in [1.54, 1.807) is 24.0 Å². The fourth-order valence-electron chi connectivity index (χ4n) is 2.85. The smallest absolute Gasteiger partial charge is 0.260 e. The van der Waals surface area contributed by atoms with E-state index >= 15 is 0 Å². The zero-order valence-electron chi connectivity index (χ0n) is 14.0. The first-order valence-electron chi connectivity index (χ1n) is 8.00. The lowest BCUT2D eigenvalue weighted by atomic mass is 10.1. The van der Waals surface area contributed by atoms with Gasteiger partial charge < -0.3 is 14.3 Å². The van der Waals surface area contributed by atoms with Crippen LogP contribution >= 0.6 is 0 Å². The molecule has 3 rings (SSSR count). The van der Waals surface area contributed by atoms with Crippen molar-refractivity contribution in [3.8, 4) is 0 Å². The summed E-state index contributed by atoms with van der Waals surface area (Å²) in [6, 6.07) is 12.7. The van der Waals surface area contributed by atoms with E-state index in [-0.39, 0.29) is 23.1 Å². The van der Waals surface area contributed by atoms with Gasteiger partial charge >= 0.3 is 0 Å². The predicted molar refractivity (Wildman–Crippen MR) is 93.1 cm³/mol. The minimum Gasteiger partial charge on any atom is -0.459 e. The molecule has 124 valence electrons. The van der Waals surface area contributed by atoms with Crippen LogP contribution in [0.1, 0.15) is 41.7 Å². The van der Waals surface area contributed by atoms with Gasteiger partial charge in [-0.25, -0.2) is 0 Å². The van der Waals surface area contributed by atoms with Gasteiger partial charge in [-0.15, -0.1) is 0 Å². The van der Waals surface area contributed by atoms with Gasteiger partial charge in [-0.2, -0.15) is 0 Å². The molecule has 1 N–H and O–H groups in total. The van der Waals surface area contributed by atoms with Crippen molar-refractivity contribution in [1.29, 1.82) is 0 Å². The largest absolute Gasteiger partial charge is 0.459 e. The number of hydrogen-bond acceptors (Lipinski definition) is 3. The third-order valence-corrected chi connectivity index (χ3v) is 4.21. The molecule has 0 aliphatic carbocycles. The molecule has 0 saturated heterocycles.